The van der Waals surface area contributed by atoms with E-state index in [0.717, 1.165) is 12.8 Å². The van der Waals surface area contributed by atoms with Crippen LogP contribution in [0.4, 0.5) is 11.4 Å². The maximum Gasteiger partial charge on any atom is 0.114 e. The van der Waals surface area contributed by atoms with Gasteiger partial charge in [-0.1, -0.05) is 49.7 Å². The monoisotopic (exact) mass is 323 g/mol. The molecule has 0 heterocycles. The summed E-state index contributed by atoms with van der Waals surface area (Å²) in [4.78, 5) is 9.04. The topological polar surface area (TPSA) is 18.8 Å². The number of benzene rings is 2. The van der Waals surface area contributed by atoms with Gasteiger partial charge in [-0.05, 0) is 25.3 Å². The Morgan fingerprint density at radius 3 is 1.58 bits per heavy atom. The van der Waals surface area contributed by atoms with Gasteiger partial charge in [-0.2, -0.15) is 0 Å². The van der Waals surface area contributed by atoms with Gasteiger partial charge in [0.1, 0.15) is 5.54 Å². The lowest BCUT2D eigenvalue weighted by Gasteiger charge is -2.36. The van der Waals surface area contributed by atoms with Gasteiger partial charge in [0.05, 0.1) is 0 Å². The Bertz CT molecular complexity index is 637. The van der Waals surface area contributed by atoms with Crippen molar-refractivity contribution >= 4 is 18.1 Å². The molecule has 0 aliphatic rings. The van der Waals surface area contributed by atoms with Gasteiger partial charge >= 0.3 is 0 Å². The van der Waals surface area contributed by atoms with Crippen molar-refractivity contribution in [3.05, 3.63) is 59.7 Å². The Kier molecular flexibility index (Phi) is 5.66. The molecule has 0 unspecified atom stereocenters. The minimum absolute atomic E-state index is 0.448. The number of hydrogen-bond donors (Lipinski definition) is 0. The zero-order valence-corrected chi connectivity index (χ0v) is 15.6. The van der Waals surface area contributed by atoms with Crippen LogP contribution in [0.5, 0.6) is 0 Å². The highest BCUT2D eigenvalue weighted by Crippen LogP contribution is 2.45. The maximum atomic E-state index is 4.73. The second-order valence-electron chi connectivity index (χ2n) is 6.59. The second kappa shape index (κ2) is 7.52. The first-order chi connectivity index (χ1) is 11.5. The molecule has 0 fully saturated rings. The van der Waals surface area contributed by atoms with E-state index in [1.165, 1.54) is 22.5 Å². The number of hydrogen-bond acceptors (Lipinski definition) is 3. The van der Waals surface area contributed by atoms with Crippen molar-refractivity contribution in [3.63, 3.8) is 0 Å². The molecule has 24 heavy (non-hydrogen) atoms. The minimum atomic E-state index is -0.448. The molecule has 0 radical (unpaired) electrons. The Hall–Kier alpha value is -2.29. The summed E-state index contributed by atoms with van der Waals surface area (Å²) >= 11 is 0. The van der Waals surface area contributed by atoms with E-state index in [9.17, 15) is 0 Å². The van der Waals surface area contributed by atoms with Gasteiger partial charge < -0.3 is 9.80 Å². The SMILES string of the molecule is C=NC(CCC)(c1ccccc1N(C)C)c1ccccc1N(C)C. The molecular weight excluding hydrogens is 294 g/mol. The Morgan fingerprint density at radius 2 is 1.25 bits per heavy atom. The van der Waals surface area contributed by atoms with Gasteiger partial charge in [0.15, 0.2) is 0 Å². The lowest BCUT2D eigenvalue weighted by molar-refractivity contribution is 0.492. The molecule has 0 N–H and O–H groups in total. The third-order valence-corrected chi connectivity index (χ3v) is 4.54. The molecule has 3 heteroatoms. The summed E-state index contributed by atoms with van der Waals surface area (Å²) in [6, 6.07) is 17.0. The lowest BCUT2D eigenvalue weighted by Crippen LogP contribution is -2.30. The molecule has 3 nitrogen and oxygen atoms in total. The zero-order valence-electron chi connectivity index (χ0n) is 15.6. The summed E-state index contributed by atoms with van der Waals surface area (Å²) in [6.07, 6.45) is 1.95. The van der Waals surface area contributed by atoms with E-state index in [-0.39, 0.29) is 0 Å². The van der Waals surface area contributed by atoms with Crippen molar-refractivity contribution in [2.75, 3.05) is 38.0 Å². The summed E-state index contributed by atoms with van der Waals surface area (Å²) < 4.78 is 0. The Labute approximate surface area is 146 Å². The van der Waals surface area contributed by atoms with Crippen LogP contribution in [0.2, 0.25) is 0 Å². The van der Waals surface area contributed by atoms with E-state index in [0.29, 0.717) is 0 Å². The molecule has 2 rings (SSSR count). The molecule has 0 saturated carbocycles. The molecule has 0 saturated heterocycles. The molecule has 0 amide bonds. The van der Waals surface area contributed by atoms with E-state index in [1.807, 2.05) is 0 Å². The van der Waals surface area contributed by atoms with Crippen LogP contribution in [0.25, 0.3) is 0 Å². The van der Waals surface area contributed by atoms with Gasteiger partial charge in [0, 0.05) is 50.7 Å². The van der Waals surface area contributed by atoms with Gasteiger partial charge in [0.2, 0.25) is 0 Å². The van der Waals surface area contributed by atoms with Crippen molar-refractivity contribution < 1.29 is 0 Å². The normalized spacial score (nSPS) is 11.2. The third kappa shape index (κ3) is 3.16. The predicted octanol–water partition coefficient (Wildman–Crippen LogP) is 4.56. The lowest BCUT2D eigenvalue weighted by atomic mass is 9.78. The largest absolute Gasteiger partial charge is 0.377 e. The Balaban J connectivity index is 2.81. The average molecular weight is 323 g/mol. The average Bonchev–Trinajstić information content (AvgIpc) is 2.59. The molecule has 0 aliphatic heterocycles. The smallest absolute Gasteiger partial charge is 0.114 e. The zero-order chi connectivity index (χ0) is 17.7. The first-order valence-electron chi connectivity index (χ1n) is 8.49. The summed E-state index contributed by atoms with van der Waals surface area (Å²) in [6.45, 7) is 6.22. The van der Waals surface area contributed by atoms with Crippen molar-refractivity contribution in [3.8, 4) is 0 Å². The van der Waals surface area contributed by atoms with Crippen molar-refractivity contribution in [2.45, 2.75) is 25.3 Å². The molecule has 0 aromatic heterocycles. The standard InChI is InChI=1S/C21H29N3/c1-7-16-21(22-2,17-12-8-10-14-19(17)23(3)4)18-13-9-11-15-20(18)24(5)6/h8-15H,2,7,16H2,1,3-6H3. The fourth-order valence-corrected chi connectivity index (χ4v) is 3.45. The van der Waals surface area contributed by atoms with Crippen molar-refractivity contribution in [1.29, 1.82) is 0 Å². The summed E-state index contributed by atoms with van der Waals surface area (Å²) in [5.41, 5.74) is 4.34. The van der Waals surface area contributed by atoms with Crippen LogP contribution >= 0.6 is 0 Å². The minimum Gasteiger partial charge on any atom is -0.377 e. The second-order valence-corrected chi connectivity index (χ2v) is 6.59. The predicted molar refractivity (Wildman–Crippen MR) is 107 cm³/mol. The van der Waals surface area contributed by atoms with Crippen LogP contribution in [-0.4, -0.2) is 34.9 Å². The third-order valence-electron chi connectivity index (χ3n) is 4.54. The molecule has 128 valence electrons. The quantitative estimate of drug-likeness (QED) is 0.695. The van der Waals surface area contributed by atoms with E-state index >= 15 is 0 Å². The molecule has 2 aromatic rings. The van der Waals surface area contributed by atoms with Crippen molar-refractivity contribution in [2.24, 2.45) is 4.99 Å². The fourth-order valence-electron chi connectivity index (χ4n) is 3.45. The van der Waals surface area contributed by atoms with Crippen LogP contribution in [0.15, 0.2) is 53.5 Å². The molecular formula is C21H29N3. The summed E-state index contributed by atoms with van der Waals surface area (Å²) in [7, 11) is 8.32. The van der Waals surface area contributed by atoms with Crippen molar-refractivity contribution in [1.82, 2.24) is 0 Å². The van der Waals surface area contributed by atoms with Gasteiger partial charge in [-0.15, -0.1) is 0 Å². The maximum absolute atomic E-state index is 4.73. The van der Waals surface area contributed by atoms with E-state index in [2.05, 4.69) is 100 Å². The highest BCUT2D eigenvalue weighted by molar-refractivity contribution is 5.65. The van der Waals surface area contributed by atoms with Crippen LogP contribution in [0.1, 0.15) is 30.9 Å². The number of nitrogens with zero attached hydrogens (tertiary/aromatic N) is 3. The van der Waals surface area contributed by atoms with E-state index in [4.69, 9.17) is 4.99 Å². The molecule has 0 aliphatic carbocycles. The Morgan fingerprint density at radius 1 is 0.833 bits per heavy atom. The highest BCUT2D eigenvalue weighted by Gasteiger charge is 2.36. The summed E-state index contributed by atoms with van der Waals surface area (Å²) in [5.74, 6) is 0. The molecule has 0 bridgehead atoms. The van der Waals surface area contributed by atoms with E-state index in [1.54, 1.807) is 0 Å². The fraction of sp³-hybridized carbons (Fsp3) is 0.381. The van der Waals surface area contributed by atoms with E-state index < -0.39 is 5.54 Å². The van der Waals surface area contributed by atoms with Crippen LogP contribution < -0.4 is 9.80 Å². The first-order valence-corrected chi connectivity index (χ1v) is 8.49. The van der Waals surface area contributed by atoms with Crippen LogP contribution in [-0.2, 0) is 5.54 Å². The highest BCUT2D eigenvalue weighted by atomic mass is 15.1. The van der Waals surface area contributed by atoms with Gasteiger partial charge in [-0.25, -0.2) is 0 Å². The molecule has 2 aromatic carbocycles. The van der Waals surface area contributed by atoms with Crippen LogP contribution in [0, 0.1) is 0 Å². The summed E-state index contributed by atoms with van der Waals surface area (Å²) in [5, 5.41) is 0. The van der Waals surface area contributed by atoms with Gasteiger partial charge in [-0.3, -0.25) is 4.99 Å². The first kappa shape index (κ1) is 18.1. The number of aliphatic imine (C=N–C) groups is 1. The number of rotatable bonds is 7. The van der Waals surface area contributed by atoms with Gasteiger partial charge in [0.25, 0.3) is 0 Å². The number of para-hydroxylation sites is 2. The molecule has 0 spiro atoms. The number of anilines is 2. The van der Waals surface area contributed by atoms with Crippen LogP contribution in [0.3, 0.4) is 0 Å². The molecule has 0 atom stereocenters.